The second kappa shape index (κ2) is 8.28. The molecule has 0 aromatic carbocycles. The van der Waals surface area contributed by atoms with Gasteiger partial charge in [0.2, 0.25) is 6.33 Å². The van der Waals surface area contributed by atoms with Crippen molar-refractivity contribution in [3.05, 3.63) is 16.8 Å². The van der Waals surface area contributed by atoms with Crippen LogP contribution in [0, 0.1) is 0 Å². The summed E-state index contributed by atoms with van der Waals surface area (Å²) in [4.78, 5) is 0. The monoisotopic (exact) mass is 422 g/mol. The van der Waals surface area contributed by atoms with E-state index in [4.69, 9.17) is 4.74 Å². The molecule has 0 spiro atoms. The molecule has 0 bridgehead atoms. The molecule has 0 amide bonds. The highest BCUT2D eigenvalue weighted by atomic mass is 32.3. The maximum atomic E-state index is 11.4. The normalized spacial score (nSPS) is 13.3. The summed E-state index contributed by atoms with van der Waals surface area (Å²) in [5.41, 5.74) is -12.4. The van der Waals surface area contributed by atoms with Gasteiger partial charge in [-0.05, 0) is 0 Å². The first-order chi connectivity index (χ1) is 11.0. The van der Waals surface area contributed by atoms with E-state index < -0.39 is 31.1 Å². The highest BCUT2D eigenvalue weighted by molar-refractivity contribution is 8.13. The molecule has 9 nitrogen and oxygen atoms in total. The lowest BCUT2D eigenvalue weighted by atomic mass is 10.7. The maximum Gasteiger partial charge on any atom is 0.480 e. The van der Waals surface area contributed by atoms with E-state index in [0.29, 0.717) is 0 Å². The predicted molar refractivity (Wildman–Crippen MR) is 68.6 cm³/mol. The second-order valence-electron chi connectivity index (χ2n) is 4.07. The molecule has 0 aliphatic heterocycles. The highest BCUT2D eigenvalue weighted by Gasteiger charge is 2.46. The van der Waals surface area contributed by atoms with Gasteiger partial charge < -0.3 is 8.86 Å². The summed E-state index contributed by atoms with van der Waals surface area (Å²) < 4.78 is 118. The Kier molecular flexibility index (Phi) is 7.80. The number of hydrogen-bond donors (Lipinski definition) is 0. The average molecular weight is 422 g/mol. The number of hydrogen-bond acceptors (Lipinski definition) is 6. The zero-order valence-electron chi connectivity index (χ0n) is 12.5. The van der Waals surface area contributed by atoms with Crippen LogP contribution in [0.3, 0.4) is 0 Å². The third-order valence-corrected chi connectivity index (χ3v) is 4.77. The summed E-state index contributed by atoms with van der Waals surface area (Å²) in [5, 5.41) is 3.99. The third kappa shape index (κ3) is 7.53. The fourth-order valence-electron chi connectivity index (χ4n) is 0.948. The minimum absolute atomic E-state index is 0.732. The first kappa shape index (κ1) is 23.5. The molecular weight excluding hydrogens is 410 g/mol. The van der Waals surface area contributed by atoms with E-state index in [1.54, 1.807) is 18.1 Å². The summed E-state index contributed by atoms with van der Waals surface area (Å²) >= 11 is 0. The molecule has 1 rings (SSSR count). The molecule has 1 aromatic heterocycles. The van der Waals surface area contributed by atoms with Crippen LogP contribution in [-0.4, -0.2) is 51.3 Å². The van der Waals surface area contributed by atoms with Gasteiger partial charge >= 0.3 is 11.0 Å². The molecule has 148 valence electrons. The molecule has 0 N–H and O–H groups in total. The number of nitrogens with zero attached hydrogens (tertiary/aromatic N) is 4. The van der Waals surface area contributed by atoms with E-state index in [1.807, 2.05) is 17.9 Å². The Hall–Kier alpha value is -1.46. The number of aryl methyl sites for hydroxylation is 1. The number of aromatic nitrogens is 3. The largest absolute Gasteiger partial charge is 0.480 e. The molecule has 0 aliphatic rings. The third-order valence-electron chi connectivity index (χ3n) is 2.03. The van der Waals surface area contributed by atoms with Gasteiger partial charge in [0, 0.05) is 12.2 Å². The van der Waals surface area contributed by atoms with E-state index >= 15 is 0 Å². The molecule has 25 heavy (non-hydrogen) atoms. The number of rotatable bonds is 5. The minimum atomic E-state index is -6.72. The summed E-state index contributed by atoms with van der Waals surface area (Å²) in [6, 6.07) is 0. The van der Waals surface area contributed by atoms with Crippen LogP contribution >= 0.6 is 0 Å². The van der Waals surface area contributed by atoms with Gasteiger partial charge in [-0.25, -0.2) is 21.4 Å². The van der Waals surface area contributed by atoms with Crippen molar-refractivity contribution in [1.29, 1.82) is 0 Å². The molecule has 0 fully saturated rings. The quantitative estimate of drug-likeness (QED) is 0.502. The summed E-state index contributed by atoms with van der Waals surface area (Å²) in [6.45, 7) is 1.60. The Morgan fingerprint density at radius 3 is 1.80 bits per heavy atom. The predicted octanol–water partition coefficient (Wildman–Crippen LogP) is 0.413. The zero-order chi connectivity index (χ0) is 20.1. The Bertz CT molecular complexity index is 713. The van der Waals surface area contributed by atoms with Gasteiger partial charge in [-0.1, -0.05) is 0 Å². The van der Waals surface area contributed by atoms with Crippen LogP contribution in [0.2, 0.25) is 0 Å². The molecular formula is C8H12F6N4O5S2. The molecule has 0 saturated carbocycles. The fourth-order valence-corrected chi connectivity index (χ4v) is 2.66. The van der Waals surface area contributed by atoms with Crippen LogP contribution in [0.4, 0.5) is 26.3 Å². The van der Waals surface area contributed by atoms with Crippen molar-refractivity contribution in [3.8, 4) is 0 Å². The van der Waals surface area contributed by atoms with Crippen LogP contribution in [0.25, 0.3) is 4.13 Å². The SMILES string of the molecule is COCC[n+]1cnn(C)c1.O=S(=O)([N-]S(=O)(=O)C(F)(F)F)C(F)(F)F. The first-order valence-electron chi connectivity index (χ1n) is 5.77. The number of methoxy groups -OCH3 is 1. The first-order valence-corrected chi connectivity index (χ1v) is 8.65. The topological polar surface area (TPSA) is 113 Å². The average Bonchev–Trinajstić information content (AvgIpc) is 2.79. The lowest BCUT2D eigenvalue weighted by Gasteiger charge is -2.22. The van der Waals surface area contributed by atoms with Gasteiger partial charge in [0.05, 0.1) is 20.2 Å². The fraction of sp³-hybridized carbons (Fsp3) is 0.750. The molecule has 17 heteroatoms. The van der Waals surface area contributed by atoms with Crippen LogP contribution < -0.4 is 4.57 Å². The summed E-state index contributed by atoms with van der Waals surface area (Å²) in [7, 11) is -9.86. The van der Waals surface area contributed by atoms with Gasteiger partial charge in [-0.3, -0.25) is 0 Å². The Morgan fingerprint density at radius 1 is 1.08 bits per heavy atom. The van der Waals surface area contributed by atoms with Gasteiger partial charge in [0.15, 0.2) is 20.0 Å². The van der Waals surface area contributed by atoms with Crippen molar-refractivity contribution in [1.82, 2.24) is 9.78 Å². The van der Waals surface area contributed by atoms with Crippen LogP contribution in [0.15, 0.2) is 12.7 Å². The van der Waals surface area contributed by atoms with Crippen molar-refractivity contribution in [2.45, 2.75) is 17.6 Å². The van der Waals surface area contributed by atoms with E-state index in [1.165, 1.54) is 0 Å². The number of ether oxygens (including phenoxy) is 1. The number of sulfonamides is 2. The molecule has 1 aromatic rings. The Labute approximate surface area is 138 Å². The molecule has 0 atom stereocenters. The molecule has 0 saturated heterocycles. The second-order valence-corrected chi connectivity index (χ2v) is 7.49. The van der Waals surface area contributed by atoms with Crippen molar-refractivity contribution in [2.24, 2.45) is 7.05 Å². The van der Waals surface area contributed by atoms with Crippen molar-refractivity contribution < 1.29 is 52.5 Å². The van der Waals surface area contributed by atoms with Gasteiger partial charge in [0.25, 0.3) is 6.33 Å². The molecule has 1 heterocycles. The van der Waals surface area contributed by atoms with Crippen LogP contribution in [-0.2, 0) is 38.4 Å². The van der Waals surface area contributed by atoms with E-state index in [9.17, 15) is 43.2 Å². The Balaban J connectivity index is 0.000000496. The highest BCUT2D eigenvalue weighted by Crippen LogP contribution is 2.36. The lowest BCUT2D eigenvalue weighted by molar-refractivity contribution is -0.699. The molecule has 0 radical (unpaired) electrons. The number of halogens is 6. The summed E-state index contributed by atoms with van der Waals surface area (Å²) in [6.07, 6.45) is 3.69. The van der Waals surface area contributed by atoms with E-state index in [2.05, 4.69) is 5.10 Å². The van der Waals surface area contributed by atoms with Crippen LogP contribution in [0.5, 0.6) is 0 Å². The van der Waals surface area contributed by atoms with Crippen molar-refractivity contribution in [3.63, 3.8) is 0 Å². The smallest absolute Gasteiger partial charge is 0.421 e. The van der Waals surface area contributed by atoms with Gasteiger partial charge in [-0.2, -0.15) is 26.3 Å². The standard InChI is InChI=1S/C6H12N3O.C2F6NO4S2/c1-8-6-9(5-7-8)3-4-10-2;3-1(4,5)14(10,11)9-15(12,13)2(6,7)8/h5-6H,3-4H2,1-2H3;/q+1;-1. The van der Waals surface area contributed by atoms with E-state index in [-0.39, 0.29) is 0 Å². The number of alkyl halides is 6. The minimum Gasteiger partial charge on any atom is -0.421 e. The van der Waals surface area contributed by atoms with Crippen molar-refractivity contribution >= 4 is 20.0 Å². The van der Waals surface area contributed by atoms with E-state index in [0.717, 1.165) is 17.3 Å². The summed E-state index contributed by atoms with van der Waals surface area (Å²) in [5.74, 6) is 0. The van der Waals surface area contributed by atoms with Crippen molar-refractivity contribution in [2.75, 3.05) is 13.7 Å². The van der Waals surface area contributed by atoms with Gasteiger partial charge in [0.1, 0.15) is 0 Å². The molecule has 0 unspecified atom stereocenters. The molecule has 0 aliphatic carbocycles. The Morgan fingerprint density at radius 2 is 1.52 bits per heavy atom. The maximum absolute atomic E-state index is 11.4. The van der Waals surface area contributed by atoms with Gasteiger partial charge in [-0.15, -0.1) is 4.68 Å². The zero-order valence-corrected chi connectivity index (χ0v) is 14.1. The lowest BCUT2D eigenvalue weighted by Crippen LogP contribution is -2.33. The van der Waals surface area contributed by atoms with Crippen LogP contribution in [0.1, 0.15) is 0 Å².